The van der Waals surface area contributed by atoms with E-state index in [1.54, 1.807) is 6.07 Å². The van der Waals surface area contributed by atoms with Crippen molar-refractivity contribution in [3.63, 3.8) is 0 Å². The van der Waals surface area contributed by atoms with Crippen LogP contribution in [0.3, 0.4) is 0 Å². The van der Waals surface area contributed by atoms with E-state index in [0.717, 1.165) is 0 Å². The monoisotopic (exact) mass is 294 g/mol. The molecule has 3 rings (SSSR count). The molecule has 3 atom stereocenters. The number of hydrogen-bond donors (Lipinski definition) is 3. The zero-order chi connectivity index (χ0) is 15.4. The number of Topliss-reactive ketones (excluding diaryl/α,β-unsaturated/α-hetero) is 1. The third kappa shape index (κ3) is 2.24. The van der Waals surface area contributed by atoms with Gasteiger partial charge in [0.15, 0.2) is 11.6 Å². The van der Waals surface area contributed by atoms with Crippen molar-refractivity contribution in [1.29, 1.82) is 0 Å². The van der Waals surface area contributed by atoms with Crippen molar-refractivity contribution >= 4 is 5.78 Å². The van der Waals surface area contributed by atoms with E-state index >= 15 is 0 Å². The molecular formula is C15H18O6. The van der Waals surface area contributed by atoms with E-state index in [2.05, 4.69) is 0 Å². The minimum Gasteiger partial charge on any atom is -0.507 e. The summed E-state index contributed by atoms with van der Waals surface area (Å²) in [5.74, 6) is -1.74. The standard InChI is InChI=1S/C15H18O6/c1-15(19)5-7-3-8-12(14(18)9(7)6-21-15)10(16)4-11(20-2)13(8)17/h3,11,13,17-19H,4-6H2,1-2H3/t11-,13+,15+/m1/s1. The Bertz CT molecular complexity index is 607. The third-order valence-electron chi connectivity index (χ3n) is 4.21. The molecule has 6 nitrogen and oxygen atoms in total. The summed E-state index contributed by atoms with van der Waals surface area (Å²) >= 11 is 0. The fourth-order valence-electron chi connectivity index (χ4n) is 3.07. The van der Waals surface area contributed by atoms with E-state index in [4.69, 9.17) is 9.47 Å². The highest BCUT2D eigenvalue weighted by Gasteiger charge is 2.39. The summed E-state index contributed by atoms with van der Waals surface area (Å²) in [5, 5.41) is 30.7. The lowest BCUT2D eigenvalue weighted by atomic mass is 9.81. The molecule has 0 unspecified atom stereocenters. The first kappa shape index (κ1) is 14.5. The predicted molar refractivity (Wildman–Crippen MR) is 71.9 cm³/mol. The molecule has 2 aliphatic rings. The van der Waals surface area contributed by atoms with E-state index in [9.17, 15) is 20.1 Å². The number of benzene rings is 1. The number of carbonyl (C=O) groups is 1. The van der Waals surface area contributed by atoms with Crippen molar-refractivity contribution in [2.24, 2.45) is 0 Å². The van der Waals surface area contributed by atoms with Crippen LogP contribution < -0.4 is 0 Å². The molecule has 0 saturated carbocycles. The lowest BCUT2D eigenvalue weighted by molar-refractivity contribution is -0.204. The summed E-state index contributed by atoms with van der Waals surface area (Å²) < 4.78 is 10.4. The molecule has 114 valence electrons. The van der Waals surface area contributed by atoms with E-state index < -0.39 is 18.0 Å². The number of phenolic OH excluding ortho intramolecular Hbond substituents is 1. The van der Waals surface area contributed by atoms with Crippen LogP contribution in [0.2, 0.25) is 0 Å². The lowest BCUT2D eigenvalue weighted by Gasteiger charge is -2.34. The zero-order valence-electron chi connectivity index (χ0n) is 11.9. The first-order valence-corrected chi connectivity index (χ1v) is 6.82. The van der Waals surface area contributed by atoms with Crippen molar-refractivity contribution in [3.8, 4) is 5.75 Å². The molecule has 1 aromatic rings. The second kappa shape index (κ2) is 4.78. The van der Waals surface area contributed by atoms with Gasteiger partial charge in [-0.2, -0.15) is 0 Å². The average Bonchev–Trinajstić information content (AvgIpc) is 2.41. The number of aromatic hydroxyl groups is 1. The van der Waals surface area contributed by atoms with Gasteiger partial charge in [0.05, 0.1) is 18.3 Å². The Labute approximate surface area is 121 Å². The Kier molecular flexibility index (Phi) is 3.29. The summed E-state index contributed by atoms with van der Waals surface area (Å²) in [6, 6.07) is 1.66. The van der Waals surface area contributed by atoms with Crippen molar-refractivity contribution in [2.75, 3.05) is 7.11 Å². The van der Waals surface area contributed by atoms with Crippen LogP contribution in [0, 0.1) is 0 Å². The maximum Gasteiger partial charge on any atom is 0.169 e. The highest BCUT2D eigenvalue weighted by atomic mass is 16.6. The number of ketones is 1. The second-order valence-corrected chi connectivity index (χ2v) is 5.81. The van der Waals surface area contributed by atoms with Crippen LogP contribution >= 0.6 is 0 Å². The van der Waals surface area contributed by atoms with Gasteiger partial charge >= 0.3 is 0 Å². The van der Waals surface area contributed by atoms with E-state index in [-0.39, 0.29) is 36.5 Å². The molecule has 0 radical (unpaired) electrons. The Morgan fingerprint density at radius 3 is 2.86 bits per heavy atom. The van der Waals surface area contributed by atoms with E-state index in [1.807, 2.05) is 0 Å². The van der Waals surface area contributed by atoms with Gasteiger partial charge in [-0.05, 0) is 18.1 Å². The summed E-state index contributed by atoms with van der Waals surface area (Å²) in [6.45, 7) is 1.56. The first-order chi connectivity index (χ1) is 9.84. The van der Waals surface area contributed by atoms with Gasteiger partial charge < -0.3 is 24.8 Å². The highest BCUT2D eigenvalue weighted by molar-refractivity contribution is 6.02. The van der Waals surface area contributed by atoms with Crippen LogP contribution in [0.5, 0.6) is 5.75 Å². The van der Waals surface area contributed by atoms with Gasteiger partial charge in [0, 0.05) is 25.5 Å². The molecule has 1 aliphatic carbocycles. The normalized spacial score (nSPS) is 31.7. The zero-order valence-corrected chi connectivity index (χ0v) is 11.9. The van der Waals surface area contributed by atoms with Gasteiger partial charge in [0.1, 0.15) is 11.9 Å². The molecule has 0 fully saturated rings. The maximum absolute atomic E-state index is 12.2. The minimum absolute atomic E-state index is 0.0234. The van der Waals surface area contributed by atoms with Crippen LogP contribution in [-0.4, -0.2) is 40.1 Å². The molecule has 3 N–H and O–H groups in total. The number of fused-ring (bicyclic) bond motifs is 2. The van der Waals surface area contributed by atoms with Crippen molar-refractivity contribution in [2.45, 2.75) is 44.4 Å². The fourth-order valence-corrected chi connectivity index (χ4v) is 3.07. The number of methoxy groups -OCH3 is 1. The molecular weight excluding hydrogens is 276 g/mol. The molecule has 6 heteroatoms. The number of carbonyl (C=O) groups excluding carboxylic acids is 1. The van der Waals surface area contributed by atoms with Gasteiger partial charge in [-0.15, -0.1) is 0 Å². The van der Waals surface area contributed by atoms with Crippen molar-refractivity contribution < 1.29 is 29.6 Å². The van der Waals surface area contributed by atoms with Crippen LogP contribution in [0.4, 0.5) is 0 Å². The molecule has 0 aromatic heterocycles. The summed E-state index contributed by atoms with van der Waals surface area (Å²) in [5.41, 5.74) is 1.66. The molecule has 21 heavy (non-hydrogen) atoms. The van der Waals surface area contributed by atoms with Gasteiger partial charge in [-0.3, -0.25) is 4.79 Å². The van der Waals surface area contributed by atoms with Gasteiger partial charge in [0.25, 0.3) is 0 Å². The van der Waals surface area contributed by atoms with Gasteiger partial charge in [0.2, 0.25) is 0 Å². The topological polar surface area (TPSA) is 96.2 Å². The molecule has 0 bridgehead atoms. The Balaban J connectivity index is 2.16. The summed E-state index contributed by atoms with van der Waals surface area (Å²) in [6.07, 6.45) is -1.40. The summed E-state index contributed by atoms with van der Waals surface area (Å²) in [7, 11) is 1.43. The van der Waals surface area contributed by atoms with E-state index in [0.29, 0.717) is 16.7 Å². The second-order valence-electron chi connectivity index (χ2n) is 5.81. The van der Waals surface area contributed by atoms with E-state index in [1.165, 1.54) is 14.0 Å². The van der Waals surface area contributed by atoms with Crippen LogP contribution in [-0.2, 0) is 22.5 Å². The minimum atomic E-state index is -1.32. The predicted octanol–water partition coefficient (Wildman–Crippen LogP) is 0.808. The quantitative estimate of drug-likeness (QED) is 0.709. The number of phenols is 1. The molecule has 1 aromatic carbocycles. The number of aliphatic hydroxyl groups excluding tert-OH is 1. The maximum atomic E-state index is 12.2. The number of hydrogen-bond acceptors (Lipinski definition) is 6. The fraction of sp³-hybridized carbons (Fsp3) is 0.533. The third-order valence-corrected chi connectivity index (χ3v) is 4.21. The Morgan fingerprint density at radius 1 is 1.48 bits per heavy atom. The lowest BCUT2D eigenvalue weighted by Crippen LogP contribution is -2.36. The van der Waals surface area contributed by atoms with Gasteiger partial charge in [-0.1, -0.05) is 6.07 Å². The Hall–Kier alpha value is -1.47. The van der Waals surface area contributed by atoms with Crippen LogP contribution in [0.15, 0.2) is 6.07 Å². The largest absolute Gasteiger partial charge is 0.507 e. The smallest absolute Gasteiger partial charge is 0.169 e. The summed E-state index contributed by atoms with van der Waals surface area (Å²) in [4.78, 5) is 12.2. The first-order valence-electron chi connectivity index (χ1n) is 6.82. The molecule has 1 heterocycles. The number of aliphatic hydroxyl groups is 2. The highest BCUT2D eigenvalue weighted by Crippen LogP contribution is 2.42. The molecule has 0 saturated heterocycles. The van der Waals surface area contributed by atoms with Crippen molar-refractivity contribution in [1.82, 2.24) is 0 Å². The molecule has 1 aliphatic heterocycles. The van der Waals surface area contributed by atoms with Crippen LogP contribution in [0.25, 0.3) is 0 Å². The van der Waals surface area contributed by atoms with Gasteiger partial charge in [-0.25, -0.2) is 0 Å². The van der Waals surface area contributed by atoms with Crippen molar-refractivity contribution in [3.05, 3.63) is 28.3 Å². The average molecular weight is 294 g/mol. The SMILES string of the molecule is CO[C@@H]1CC(=O)c2c(cc3c(c2O)CO[C@](C)(O)C3)[C@@H]1O. The Morgan fingerprint density at radius 2 is 2.19 bits per heavy atom. The molecule has 0 spiro atoms. The number of ether oxygens (including phenoxy) is 2. The number of rotatable bonds is 1. The van der Waals surface area contributed by atoms with Crippen LogP contribution in [0.1, 0.15) is 46.5 Å². The molecule has 0 amide bonds.